The number of aliphatic hydroxyl groups is 3. The van der Waals surface area contributed by atoms with Gasteiger partial charge in [0.05, 0.1) is 49.1 Å². The second-order valence-corrected chi connectivity index (χ2v) is 11.2. The van der Waals surface area contributed by atoms with Gasteiger partial charge in [0.1, 0.15) is 11.2 Å². The molecule has 3 N–H and O–H groups in total. The number of fused-ring (bicyclic) bond motifs is 1. The average molecular weight is 396 g/mol. The fourth-order valence-corrected chi connectivity index (χ4v) is 9.05. The largest absolute Gasteiger partial charge is 0.390 e. The van der Waals surface area contributed by atoms with Crippen LogP contribution in [0.5, 0.6) is 0 Å². The second-order valence-electron chi connectivity index (χ2n) is 11.2. The van der Waals surface area contributed by atoms with Crippen molar-refractivity contribution in [2.75, 3.05) is 13.2 Å². The summed E-state index contributed by atoms with van der Waals surface area (Å²) in [5.74, 6) is -0.430. The van der Waals surface area contributed by atoms with Crippen LogP contribution in [0.25, 0.3) is 0 Å². The van der Waals surface area contributed by atoms with E-state index >= 15 is 0 Å². The summed E-state index contributed by atoms with van der Waals surface area (Å²) in [4.78, 5) is 0. The Morgan fingerprint density at radius 1 is 1.04 bits per heavy atom. The second kappa shape index (κ2) is 4.79. The minimum absolute atomic E-state index is 0.138. The van der Waals surface area contributed by atoms with E-state index in [0.717, 1.165) is 0 Å². The van der Waals surface area contributed by atoms with Crippen LogP contribution in [-0.4, -0.2) is 76.5 Å². The van der Waals surface area contributed by atoms with Crippen molar-refractivity contribution in [3.8, 4) is 0 Å². The number of aliphatic hydroxyl groups excluding tert-OH is 2. The summed E-state index contributed by atoms with van der Waals surface area (Å²) in [7, 11) is 0. The van der Waals surface area contributed by atoms with Crippen LogP contribution in [0.15, 0.2) is 0 Å². The quantitative estimate of drug-likeness (QED) is 0.547. The monoisotopic (exact) mass is 396 g/mol. The van der Waals surface area contributed by atoms with Gasteiger partial charge in [-0.15, -0.1) is 0 Å². The van der Waals surface area contributed by atoms with Gasteiger partial charge in [-0.3, -0.25) is 0 Å². The molecule has 0 amide bonds. The van der Waals surface area contributed by atoms with Crippen molar-refractivity contribution in [1.29, 1.82) is 0 Å². The third kappa shape index (κ3) is 1.38. The lowest BCUT2D eigenvalue weighted by molar-refractivity contribution is -0.258. The third-order valence-corrected chi connectivity index (χ3v) is 9.48. The summed E-state index contributed by atoms with van der Waals surface area (Å²) >= 11 is 0. The summed E-state index contributed by atoms with van der Waals surface area (Å²) in [6.07, 6.45) is -3.10. The molecule has 0 bridgehead atoms. The molecule has 7 heteroatoms. The zero-order valence-corrected chi connectivity index (χ0v) is 17.2. The summed E-state index contributed by atoms with van der Waals surface area (Å²) in [6, 6.07) is 0. The summed E-state index contributed by atoms with van der Waals surface area (Å²) in [6.45, 7) is 10.8. The van der Waals surface area contributed by atoms with E-state index in [2.05, 4.69) is 20.8 Å². The first-order chi connectivity index (χ1) is 13.0. The molecule has 2 aliphatic carbocycles. The van der Waals surface area contributed by atoms with Crippen LogP contribution in [0.3, 0.4) is 0 Å². The lowest BCUT2D eigenvalue weighted by Gasteiger charge is -2.50. The number of hydrogen-bond donors (Lipinski definition) is 3. The van der Waals surface area contributed by atoms with E-state index in [1.165, 1.54) is 0 Å². The van der Waals surface area contributed by atoms with Crippen molar-refractivity contribution >= 4 is 0 Å². The first kappa shape index (κ1) is 18.5. The minimum atomic E-state index is -1.24. The predicted octanol–water partition coefficient (Wildman–Crippen LogP) is 0.439. The van der Waals surface area contributed by atoms with Gasteiger partial charge in [-0.2, -0.15) is 0 Å². The van der Waals surface area contributed by atoms with Crippen molar-refractivity contribution in [3.63, 3.8) is 0 Å². The molecule has 12 atom stereocenters. The topological polar surface area (TPSA) is 97.6 Å². The van der Waals surface area contributed by atoms with Gasteiger partial charge in [0.15, 0.2) is 6.29 Å². The Kier molecular flexibility index (Phi) is 3.17. The highest BCUT2D eigenvalue weighted by Crippen LogP contribution is 2.85. The summed E-state index contributed by atoms with van der Waals surface area (Å²) < 4.78 is 25.3. The molecule has 6 aliphatic rings. The van der Waals surface area contributed by atoms with Crippen LogP contribution in [0.4, 0.5) is 0 Å². The average Bonchev–Trinajstić information content (AvgIpc) is 3.31. The van der Waals surface area contributed by atoms with E-state index < -0.39 is 58.8 Å². The minimum Gasteiger partial charge on any atom is -0.390 e. The Bertz CT molecular complexity index is 737. The highest BCUT2D eigenvalue weighted by atomic mass is 16.7. The van der Waals surface area contributed by atoms with Crippen LogP contribution in [-0.2, 0) is 18.9 Å². The maximum Gasteiger partial charge on any atom is 0.168 e. The van der Waals surface area contributed by atoms with Crippen molar-refractivity contribution in [3.05, 3.63) is 0 Å². The molecule has 0 aromatic carbocycles. The number of ether oxygens (including phenoxy) is 4. The Labute approximate surface area is 165 Å². The molecule has 0 radical (unpaired) electrons. The van der Waals surface area contributed by atoms with Crippen LogP contribution in [0, 0.1) is 28.1 Å². The third-order valence-electron chi connectivity index (χ3n) is 9.48. The van der Waals surface area contributed by atoms with Gasteiger partial charge in [0, 0.05) is 17.3 Å². The molecule has 6 rings (SSSR count). The molecule has 28 heavy (non-hydrogen) atoms. The number of hydrogen-bond acceptors (Lipinski definition) is 7. The molecule has 2 spiro atoms. The molecule has 7 unspecified atom stereocenters. The Hall–Kier alpha value is -0.280. The van der Waals surface area contributed by atoms with Crippen LogP contribution in [0.2, 0.25) is 0 Å². The van der Waals surface area contributed by atoms with E-state index in [0.29, 0.717) is 13.0 Å². The smallest absolute Gasteiger partial charge is 0.168 e. The fourth-order valence-electron chi connectivity index (χ4n) is 9.05. The predicted molar refractivity (Wildman–Crippen MR) is 96.2 cm³/mol. The molecule has 4 saturated heterocycles. The first-order valence-corrected chi connectivity index (χ1v) is 10.7. The lowest BCUT2D eigenvalue weighted by Crippen LogP contribution is -2.66. The van der Waals surface area contributed by atoms with E-state index in [1.54, 1.807) is 0 Å². The van der Waals surface area contributed by atoms with Crippen LogP contribution in [0.1, 0.15) is 41.0 Å². The zero-order chi connectivity index (χ0) is 20.1. The zero-order valence-electron chi connectivity index (χ0n) is 17.2. The van der Waals surface area contributed by atoms with Crippen molar-refractivity contribution < 1.29 is 34.3 Å². The molecule has 0 aromatic rings. The van der Waals surface area contributed by atoms with Crippen LogP contribution >= 0.6 is 0 Å². The molecular formula is C21H32O7. The molecule has 4 heterocycles. The van der Waals surface area contributed by atoms with E-state index in [1.807, 2.05) is 13.8 Å². The van der Waals surface area contributed by atoms with Gasteiger partial charge < -0.3 is 34.3 Å². The van der Waals surface area contributed by atoms with Crippen molar-refractivity contribution in [2.45, 2.75) is 89.1 Å². The van der Waals surface area contributed by atoms with Crippen molar-refractivity contribution in [1.82, 2.24) is 0 Å². The van der Waals surface area contributed by atoms with E-state index in [4.69, 9.17) is 18.9 Å². The molecule has 0 aromatic heterocycles. The highest BCUT2D eigenvalue weighted by Gasteiger charge is 2.98. The normalized spacial score (nSPS) is 66.9. The summed E-state index contributed by atoms with van der Waals surface area (Å²) in [5.41, 5.74) is -4.23. The molecule has 158 valence electrons. The standard InChI is InChI=1S/C21H32O7/c1-9-7-25-12-6-18-15-13(23)14(17(3,4)5)19(18)11(22)8-26-16(19)28-21(18,10(2)27-15)20(9,12)24/h9-16,22-24H,6-8H2,1-5H3/t9-,10?,11+,12?,13-,14+,15?,16?,18?,19?,20-,21?/m1/s1. The molecule has 7 nitrogen and oxygen atoms in total. The van der Waals surface area contributed by atoms with Gasteiger partial charge in [-0.1, -0.05) is 27.7 Å². The highest BCUT2D eigenvalue weighted by molar-refractivity contribution is 5.43. The fraction of sp³-hybridized carbons (Fsp3) is 1.00. The van der Waals surface area contributed by atoms with Gasteiger partial charge in [-0.05, 0) is 18.8 Å². The van der Waals surface area contributed by atoms with Crippen molar-refractivity contribution in [2.24, 2.45) is 28.1 Å². The number of rotatable bonds is 0. The molecular weight excluding hydrogens is 364 g/mol. The van der Waals surface area contributed by atoms with E-state index in [-0.39, 0.29) is 23.9 Å². The lowest BCUT2D eigenvalue weighted by atomic mass is 9.51. The maximum absolute atomic E-state index is 12.1. The molecule has 4 aliphatic heterocycles. The SMILES string of the molecule is CC1OC2[C@H](O)[C@@H](C(C)(C)C)C34C(OC[C@@H]3O)OC13C24CC1OC[C@@H](C)[C@@]13O. The maximum atomic E-state index is 12.1. The van der Waals surface area contributed by atoms with E-state index in [9.17, 15) is 15.3 Å². The summed E-state index contributed by atoms with van der Waals surface area (Å²) in [5, 5.41) is 35.1. The Morgan fingerprint density at radius 3 is 2.43 bits per heavy atom. The van der Waals surface area contributed by atoms with Gasteiger partial charge >= 0.3 is 0 Å². The Balaban J connectivity index is 1.68. The first-order valence-electron chi connectivity index (χ1n) is 10.7. The van der Waals surface area contributed by atoms with Crippen LogP contribution < -0.4 is 0 Å². The molecule has 6 fully saturated rings. The van der Waals surface area contributed by atoms with Gasteiger partial charge in [-0.25, -0.2) is 0 Å². The van der Waals surface area contributed by atoms with Gasteiger partial charge in [0.25, 0.3) is 0 Å². The van der Waals surface area contributed by atoms with Gasteiger partial charge in [0.2, 0.25) is 0 Å². The Morgan fingerprint density at radius 2 is 1.75 bits per heavy atom. The molecule has 2 saturated carbocycles.